The predicted octanol–water partition coefficient (Wildman–Crippen LogP) is 2.90. The fourth-order valence-corrected chi connectivity index (χ4v) is 1.92. The first-order valence-corrected chi connectivity index (χ1v) is 5.13. The number of rotatable bonds is 1. The van der Waals surface area contributed by atoms with Gasteiger partial charge in [0.25, 0.3) is 0 Å². The number of hydrogen-bond donors (Lipinski definition) is 0. The monoisotopic (exact) mass is 226 g/mol. The molecule has 0 aliphatic heterocycles. The van der Waals surface area contributed by atoms with Crippen molar-refractivity contribution >= 4 is 15.9 Å². The molecule has 1 heterocycles. The van der Waals surface area contributed by atoms with Gasteiger partial charge >= 0.3 is 0 Å². The fraction of sp³-hybridized carbons (Fsp3) is 0.556. The smallest absolute Gasteiger partial charge is 0.131 e. The minimum atomic E-state index is 0.623. The first-order valence-electron chi connectivity index (χ1n) is 4.34. The van der Waals surface area contributed by atoms with Crippen molar-refractivity contribution in [1.82, 2.24) is 9.97 Å². The highest BCUT2D eigenvalue weighted by Crippen LogP contribution is 2.31. The van der Waals surface area contributed by atoms with E-state index in [-0.39, 0.29) is 0 Å². The van der Waals surface area contributed by atoms with Crippen molar-refractivity contribution in [3.05, 3.63) is 22.7 Å². The van der Waals surface area contributed by atoms with Gasteiger partial charge < -0.3 is 0 Å². The van der Waals surface area contributed by atoms with Gasteiger partial charge in [0, 0.05) is 18.3 Å². The number of nitrogens with zero attached hydrogens (tertiary/aromatic N) is 2. The van der Waals surface area contributed by atoms with E-state index in [4.69, 9.17) is 0 Å². The summed E-state index contributed by atoms with van der Waals surface area (Å²) in [6.07, 6.45) is 8.87. The third-order valence-corrected chi connectivity index (χ3v) is 2.77. The molecule has 0 aromatic carbocycles. The van der Waals surface area contributed by atoms with Crippen LogP contribution in [0, 0.1) is 0 Å². The Kier molecular flexibility index (Phi) is 2.40. The molecule has 1 aliphatic rings. The topological polar surface area (TPSA) is 25.8 Å². The molecule has 1 aromatic heterocycles. The highest BCUT2D eigenvalue weighted by Gasteiger charge is 2.18. The summed E-state index contributed by atoms with van der Waals surface area (Å²) in [5.74, 6) is 1.65. The second-order valence-electron chi connectivity index (χ2n) is 3.24. The molecule has 0 N–H and O–H groups in total. The van der Waals surface area contributed by atoms with Crippen LogP contribution in [0.5, 0.6) is 0 Å². The van der Waals surface area contributed by atoms with Gasteiger partial charge in [-0.25, -0.2) is 9.97 Å². The van der Waals surface area contributed by atoms with Gasteiger partial charge in [-0.3, -0.25) is 0 Å². The fourth-order valence-electron chi connectivity index (χ4n) is 1.72. The lowest BCUT2D eigenvalue weighted by Crippen LogP contribution is -1.98. The highest BCUT2D eigenvalue weighted by molar-refractivity contribution is 9.10. The Morgan fingerprint density at radius 3 is 2.33 bits per heavy atom. The minimum absolute atomic E-state index is 0.623. The Morgan fingerprint density at radius 1 is 1.17 bits per heavy atom. The summed E-state index contributed by atoms with van der Waals surface area (Å²) in [5, 5.41) is 0. The van der Waals surface area contributed by atoms with Crippen LogP contribution in [0.2, 0.25) is 0 Å². The Bertz CT molecular complexity index is 252. The molecule has 0 unspecified atom stereocenters. The van der Waals surface area contributed by atoms with Crippen LogP contribution in [0.1, 0.15) is 37.4 Å². The molecule has 2 rings (SSSR count). The van der Waals surface area contributed by atoms with E-state index in [0.29, 0.717) is 5.92 Å². The molecule has 1 aromatic rings. The van der Waals surface area contributed by atoms with Crippen molar-refractivity contribution in [2.24, 2.45) is 0 Å². The minimum Gasteiger partial charge on any atom is -0.240 e. The van der Waals surface area contributed by atoms with E-state index in [1.807, 2.05) is 12.4 Å². The molecule has 0 saturated heterocycles. The molecule has 1 saturated carbocycles. The maximum Gasteiger partial charge on any atom is 0.131 e. The molecule has 0 bridgehead atoms. The molecule has 12 heavy (non-hydrogen) atoms. The molecule has 2 nitrogen and oxygen atoms in total. The van der Waals surface area contributed by atoms with E-state index >= 15 is 0 Å². The van der Waals surface area contributed by atoms with E-state index in [9.17, 15) is 0 Å². The SMILES string of the molecule is Brc1cnc(C2CCCC2)nc1. The molecule has 1 aliphatic carbocycles. The summed E-state index contributed by atoms with van der Waals surface area (Å²) in [6.45, 7) is 0. The van der Waals surface area contributed by atoms with Crippen LogP contribution in [0.15, 0.2) is 16.9 Å². The van der Waals surface area contributed by atoms with Crippen molar-refractivity contribution < 1.29 is 0 Å². The van der Waals surface area contributed by atoms with Gasteiger partial charge in [0.15, 0.2) is 0 Å². The summed E-state index contributed by atoms with van der Waals surface area (Å²) in [7, 11) is 0. The molecule has 0 atom stereocenters. The van der Waals surface area contributed by atoms with Gasteiger partial charge in [0.2, 0.25) is 0 Å². The summed E-state index contributed by atoms with van der Waals surface area (Å²) in [6, 6.07) is 0. The van der Waals surface area contributed by atoms with Gasteiger partial charge in [0.05, 0.1) is 4.47 Å². The van der Waals surface area contributed by atoms with Crippen molar-refractivity contribution in [2.45, 2.75) is 31.6 Å². The van der Waals surface area contributed by atoms with Gasteiger partial charge in [-0.15, -0.1) is 0 Å². The molecular weight excluding hydrogens is 216 g/mol. The lowest BCUT2D eigenvalue weighted by atomic mass is 10.1. The molecular formula is C9H11BrN2. The standard InChI is InChI=1S/C9H11BrN2/c10-8-5-11-9(12-6-8)7-3-1-2-4-7/h5-7H,1-4H2. The van der Waals surface area contributed by atoms with E-state index in [2.05, 4.69) is 25.9 Å². The average molecular weight is 227 g/mol. The largest absolute Gasteiger partial charge is 0.240 e. The van der Waals surface area contributed by atoms with E-state index in [1.165, 1.54) is 25.7 Å². The average Bonchev–Trinajstić information content (AvgIpc) is 2.58. The quantitative estimate of drug-likeness (QED) is 0.737. The van der Waals surface area contributed by atoms with Crippen LogP contribution < -0.4 is 0 Å². The van der Waals surface area contributed by atoms with Crippen LogP contribution in [0.4, 0.5) is 0 Å². The predicted molar refractivity (Wildman–Crippen MR) is 50.9 cm³/mol. The van der Waals surface area contributed by atoms with Crippen molar-refractivity contribution in [3.63, 3.8) is 0 Å². The summed E-state index contributed by atoms with van der Waals surface area (Å²) in [4.78, 5) is 8.60. The highest BCUT2D eigenvalue weighted by atomic mass is 79.9. The van der Waals surface area contributed by atoms with Crippen molar-refractivity contribution in [1.29, 1.82) is 0 Å². The third-order valence-electron chi connectivity index (χ3n) is 2.36. The van der Waals surface area contributed by atoms with Crippen LogP contribution in [-0.2, 0) is 0 Å². The van der Waals surface area contributed by atoms with Gasteiger partial charge in [-0.2, -0.15) is 0 Å². The zero-order valence-electron chi connectivity index (χ0n) is 6.83. The van der Waals surface area contributed by atoms with Gasteiger partial charge in [-0.05, 0) is 28.8 Å². The van der Waals surface area contributed by atoms with Crippen molar-refractivity contribution in [3.8, 4) is 0 Å². The molecule has 64 valence electrons. The second kappa shape index (κ2) is 3.52. The van der Waals surface area contributed by atoms with Crippen LogP contribution in [-0.4, -0.2) is 9.97 Å². The van der Waals surface area contributed by atoms with E-state index < -0.39 is 0 Å². The molecule has 0 amide bonds. The molecule has 0 spiro atoms. The second-order valence-corrected chi connectivity index (χ2v) is 4.16. The molecule has 3 heteroatoms. The first-order chi connectivity index (χ1) is 5.86. The number of aromatic nitrogens is 2. The third kappa shape index (κ3) is 1.66. The Labute approximate surface area is 80.6 Å². The number of halogens is 1. The van der Waals surface area contributed by atoms with E-state index in [0.717, 1.165) is 10.3 Å². The molecule has 0 radical (unpaired) electrons. The van der Waals surface area contributed by atoms with Gasteiger partial charge in [-0.1, -0.05) is 12.8 Å². The van der Waals surface area contributed by atoms with Gasteiger partial charge in [0.1, 0.15) is 5.82 Å². The lowest BCUT2D eigenvalue weighted by Gasteiger charge is -2.05. The van der Waals surface area contributed by atoms with Crippen LogP contribution in [0.3, 0.4) is 0 Å². The Balaban J connectivity index is 2.17. The Morgan fingerprint density at radius 2 is 1.75 bits per heavy atom. The summed E-state index contributed by atoms with van der Waals surface area (Å²) >= 11 is 3.33. The maximum absolute atomic E-state index is 4.30. The van der Waals surface area contributed by atoms with E-state index in [1.54, 1.807) is 0 Å². The van der Waals surface area contributed by atoms with Crippen LogP contribution >= 0.6 is 15.9 Å². The summed E-state index contributed by atoms with van der Waals surface area (Å²) in [5.41, 5.74) is 0. The lowest BCUT2D eigenvalue weighted by molar-refractivity contribution is 0.666. The van der Waals surface area contributed by atoms with Crippen molar-refractivity contribution in [2.75, 3.05) is 0 Å². The number of hydrogen-bond acceptors (Lipinski definition) is 2. The van der Waals surface area contributed by atoms with Crippen LogP contribution in [0.25, 0.3) is 0 Å². The zero-order chi connectivity index (χ0) is 8.39. The maximum atomic E-state index is 4.30. The zero-order valence-corrected chi connectivity index (χ0v) is 8.42. The Hall–Kier alpha value is -0.440. The molecule has 1 fully saturated rings. The first kappa shape index (κ1) is 8.17. The normalized spacial score (nSPS) is 18.4. The summed E-state index contributed by atoms with van der Waals surface area (Å²) < 4.78 is 0.962.